The zero-order valence-electron chi connectivity index (χ0n) is 14.9. The van der Waals surface area contributed by atoms with Gasteiger partial charge in [-0.1, -0.05) is 41.3 Å². The second kappa shape index (κ2) is 9.22. The molecule has 0 saturated carbocycles. The van der Waals surface area contributed by atoms with E-state index in [9.17, 15) is 27.2 Å². The summed E-state index contributed by atoms with van der Waals surface area (Å²) in [5, 5.41) is 12.4. The third-order valence-electron chi connectivity index (χ3n) is 3.55. The molecule has 0 aliphatic rings. The molecule has 3 aromatic rings. The summed E-state index contributed by atoms with van der Waals surface area (Å²) in [7, 11) is 0. The molecule has 2 aromatic carbocycles. The van der Waals surface area contributed by atoms with Gasteiger partial charge in [0, 0.05) is 5.56 Å². The summed E-state index contributed by atoms with van der Waals surface area (Å²) in [6, 6.07) is 9.69. The predicted octanol–water partition coefficient (Wildman–Crippen LogP) is 4.68. The lowest BCUT2D eigenvalue weighted by molar-refractivity contribution is -0.137. The van der Waals surface area contributed by atoms with Gasteiger partial charge in [0.05, 0.1) is 17.0 Å². The molecule has 0 spiro atoms. The van der Waals surface area contributed by atoms with E-state index >= 15 is 0 Å². The molecule has 0 atom stereocenters. The minimum absolute atomic E-state index is 0.0504. The van der Waals surface area contributed by atoms with Crippen molar-refractivity contribution in [2.45, 2.75) is 10.5 Å². The number of hydrogen-bond acceptors (Lipinski definition) is 6. The van der Waals surface area contributed by atoms with Gasteiger partial charge in [0.15, 0.2) is 4.34 Å². The highest BCUT2D eigenvalue weighted by atomic mass is 32.2. The van der Waals surface area contributed by atoms with Crippen molar-refractivity contribution in [2.24, 2.45) is 0 Å². The van der Waals surface area contributed by atoms with Crippen LogP contribution in [0.5, 0.6) is 0 Å². The standard InChI is InChI=1S/C18H12F4N4O2S2/c19-12-6-1-2-7-13(12)23-14(27)9-29-17-26-25-16(30-17)24-15(28)10-4-3-5-11(8-10)18(20,21)22/h1-8H,9H2,(H,23,27)(H,24,25,28). The first-order valence-electron chi connectivity index (χ1n) is 8.21. The van der Waals surface area contributed by atoms with Gasteiger partial charge < -0.3 is 5.32 Å². The van der Waals surface area contributed by atoms with Gasteiger partial charge in [-0.3, -0.25) is 14.9 Å². The number of nitrogens with one attached hydrogen (secondary N) is 2. The fraction of sp³-hybridized carbons (Fsp3) is 0.111. The van der Waals surface area contributed by atoms with E-state index in [0.717, 1.165) is 41.3 Å². The molecule has 0 saturated heterocycles. The normalized spacial score (nSPS) is 11.2. The molecule has 6 nitrogen and oxygen atoms in total. The number of benzene rings is 2. The minimum Gasteiger partial charge on any atom is -0.323 e. The fourth-order valence-corrected chi connectivity index (χ4v) is 3.75. The largest absolute Gasteiger partial charge is 0.416 e. The highest BCUT2D eigenvalue weighted by Crippen LogP contribution is 2.30. The van der Waals surface area contributed by atoms with Crippen LogP contribution < -0.4 is 10.6 Å². The number of carbonyl (C=O) groups excluding carboxylic acids is 2. The van der Waals surface area contributed by atoms with Gasteiger partial charge in [-0.15, -0.1) is 10.2 Å². The molecule has 12 heteroatoms. The van der Waals surface area contributed by atoms with Crippen LogP contribution in [0.4, 0.5) is 28.4 Å². The van der Waals surface area contributed by atoms with Crippen LogP contribution in [-0.4, -0.2) is 27.8 Å². The Balaban J connectivity index is 1.55. The molecule has 0 bridgehead atoms. The predicted molar refractivity (Wildman–Crippen MR) is 105 cm³/mol. The van der Waals surface area contributed by atoms with Crippen molar-refractivity contribution in [1.82, 2.24) is 10.2 Å². The van der Waals surface area contributed by atoms with Gasteiger partial charge in [0.2, 0.25) is 11.0 Å². The van der Waals surface area contributed by atoms with E-state index in [0.29, 0.717) is 4.34 Å². The Morgan fingerprint density at radius 2 is 1.80 bits per heavy atom. The molecule has 0 fully saturated rings. The third kappa shape index (κ3) is 5.76. The highest BCUT2D eigenvalue weighted by Gasteiger charge is 2.31. The molecule has 0 radical (unpaired) electrons. The van der Waals surface area contributed by atoms with Crippen LogP contribution in [0.3, 0.4) is 0 Å². The van der Waals surface area contributed by atoms with Gasteiger partial charge in [0.25, 0.3) is 5.91 Å². The van der Waals surface area contributed by atoms with E-state index in [-0.39, 0.29) is 22.1 Å². The second-order valence-electron chi connectivity index (χ2n) is 5.72. The third-order valence-corrected chi connectivity index (χ3v) is 5.53. The number of anilines is 2. The summed E-state index contributed by atoms with van der Waals surface area (Å²) >= 11 is 1.96. The van der Waals surface area contributed by atoms with Crippen molar-refractivity contribution in [3.63, 3.8) is 0 Å². The van der Waals surface area contributed by atoms with Crippen molar-refractivity contribution >= 4 is 45.7 Å². The lowest BCUT2D eigenvalue weighted by Gasteiger charge is -2.08. The molecule has 1 aromatic heterocycles. The van der Waals surface area contributed by atoms with E-state index in [1.165, 1.54) is 24.3 Å². The van der Waals surface area contributed by atoms with Crippen LogP contribution in [0.2, 0.25) is 0 Å². The van der Waals surface area contributed by atoms with Crippen molar-refractivity contribution in [3.05, 3.63) is 65.5 Å². The number of para-hydroxylation sites is 1. The van der Waals surface area contributed by atoms with Crippen LogP contribution in [0.25, 0.3) is 0 Å². The average molecular weight is 456 g/mol. The van der Waals surface area contributed by atoms with Gasteiger partial charge in [-0.25, -0.2) is 4.39 Å². The van der Waals surface area contributed by atoms with Crippen molar-refractivity contribution in [2.75, 3.05) is 16.4 Å². The zero-order valence-corrected chi connectivity index (χ0v) is 16.5. The summed E-state index contributed by atoms with van der Waals surface area (Å²) in [6.45, 7) is 0. The zero-order chi connectivity index (χ0) is 21.7. The molecule has 30 heavy (non-hydrogen) atoms. The highest BCUT2D eigenvalue weighted by molar-refractivity contribution is 8.01. The number of hydrogen-bond donors (Lipinski definition) is 2. The van der Waals surface area contributed by atoms with Crippen LogP contribution >= 0.6 is 23.1 Å². The summed E-state index contributed by atoms with van der Waals surface area (Å²) in [5.74, 6) is -1.88. The lowest BCUT2D eigenvalue weighted by Crippen LogP contribution is -2.14. The number of nitrogens with zero attached hydrogens (tertiary/aromatic N) is 2. The van der Waals surface area contributed by atoms with Crippen molar-refractivity contribution in [1.29, 1.82) is 0 Å². The summed E-state index contributed by atoms with van der Waals surface area (Å²) < 4.78 is 52.2. The summed E-state index contributed by atoms with van der Waals surface area (Å²) in [4.78, 5) is 24.1. The van der Waals surface area contributed by atoms with Crippen molar-refractivity contribution in [3.8, 4) is 0 Å². The number of carbonyl (C=O) groups is 2. The molecule has 156 valence electrons. The van der Waals surface area contributed by atoms with Crippen molar-refractivity contribution < 1.29 is 27.2 Å². The first kappa shape index (κ1) is 21.7. The molecule has 1 heterocycles. The van der Waals surface area contributed by atoms with Gasteiger partial charge in [0.1, 0.15) is 5.82 Å². The quantitative estimate of drug-likeness (QED) is 0.320. The number of rotatable bonds is 6. The van der Waals surface area contributed by atoms with Crippen LogP contribution in [0.15, 0.2) is 52.9 Å². The molecular formula is C18H12F4N4O2S2. The first-order chi connectivity index (χ1) is 14.2. The number of thioether (sulfide) groups is 1. The number of amides is 2. The Kier molecular flexibility index (Phi) is 6.67. The molecule has 0 aliphatic carbocycles. The van der Waals surface area contributed by atoms with E-state index in [1.807, 2.05) is 0 Å². The molecule has 0 aliphatic heterocycles. The summed E-state index contributed by atoms with van der Waals surface area (Å²) in [5.41, 5.74) is -1.07. The van der Waals surface area contributed by atoms with E-state index in [2.05, 4.69) is 20.8 Å². The maximum Gasteiger partial charge on any atom is 0.416 e. The topological polar surface area (TPSA) is 84.0 Å². The Bertz CT molecular complexity index is 1070. The maximum absolute atomic E-state index is 13.5. The first-order valence-corrected chi connectivity index (χ1v) is 10.0. The number of alkyl halides is 3. The molecule has 3 rings (SSSR count). The maximum atomic E-state index is 13.5. The number of aromatic nitrogens is 2. The minimum atomic E-state index is -4.56. The lowest BCUT2D eigenvalue weighted by atomic mass is 10.1. The molecule has 2 amide bonds. The molecule has 0 unspecified atom stereocenters. The Labute approximate surface area is 175 Å². The van der Waals surface area contributed by atoms with Gasteiger partial charge >= 0.3 is 6.18 Å². The number of halogens is 4. The van der Waals surface area contributed by atoms with Crippen LogP contribution in [0.1, 0.15) is 15.9 Å². The monoisotopic (exact) mass is 456 g/mol. The Hall–Kier alpha value is -2.99. The Morgan fingerprint density at radius 3 is 2.53 bits per heavy atom. The summed E-state index contributed by atoms with van der Waals surface area (Å²) in [6.07, 6.45) is -4.56. The van der Waals surface area contributed by atoms with E-state index in [4.69, 9.17) is 0 Å². The van der Waals surface area contributed by atoms with Crippen LogP contribution in [-0.2, 0) is 11.0 Å². The van der Waals surface area contributed by atoms with Gasteiger partial charge in [-0.05, 0) is 30.3 Å². The second-order valence-corrected chi connectivity index (χ2v) is 7.92. The van der Waals surface area contributed by atoms with Gasteiger partial charge in [-0.2, -0.15) is 13.2 Å². The Morgan fingerprint density at radius 1 is 1.03 bits per heavy atom. The average Bonchev–Trinajstić information content (AvgIpc) is 3.15. The van der Waals surface area contributed by atoms with Crippen LogP contribution in [0, 0.1) is 5.82 Å². The smallest absolute Gasteiger partial charge is 0.323 e. The fourth-order valence-electron chi connectivity index (χ4n) is 2.20. The SMILES string of the molecule is O=C(CSc1nnc(NC(=O)c2cccc(C(F)(F)F)c2)s1)Nc1ccccc1F. The van der Waals surface area contributed by atoms with E-state index in [1.54, 1.807) is 6.07 Å². The molecular weight excluding hydrogens is 444 g/mol. The molecule has 2 N–H and O–H groups in total. The van der Waals surface area contributed by atoms with E-state index < -0.39 is 29.4 Å².